The van der Waals surface area contributed by atoms with Crippen LogP contribution in [0.2, 0.25) is 0 Å². The maximum absolute atomic E-state index is 5.97. The van der Waals surface area contributed by atoms with Gasteiger partial charge < -0.3 is 15.0 Å². The molecule has 1 atom stereocenters. The highest BCUT2D eigenvalue weighted by Crippen LogP contribution is 2.10. The minimum Gasteiger partial charge on any atom is -0.377 e. The van der Waals surface area contributed by atoms with Crippen LogP contribution in [-0.4, -0.2) is 74.9 Å². The lowest BCUT2D eigenvalue weighted by molar-refractivity contribution is 0.00408. The van der Waals surface area contributed by atoms with Crippen molar-refractivity contribution in [3.05, 3.63) is 0 Å². The van der Waals surface area contributed by atoms with E-state index in [4.69, 9.17) is 4.74 Å². The largest absolute Gasteiger partial charge is 0.377 e. The molecule has 4 nitrogen and oxygen atoms in total. The monoisotopic (exact) mass is 241 g/mol. The van der Waals surface area contributed by atoms with Crippen LogP contribution < -0.4 is 5.32 Å². The van der Waals surface area contributed by atoms with Gasteiger partial charge in [-0.05, 0) is 39.9 Å². The number of piperazine rings is 1. The molecule has 0 aromatic carbocycles. The van der Waals surface area contributed by atoms with E-state index in [1.807, 2.05) is 0 Å². The van der Waals surface area contributed by atoms with Gasteiger partial charge >= 0.3 is 0 Å². The molecule has 1 N–H and O–H groups in total. The summed E-state index contributed by atoms with van der Waals surface area (Å²) in [4.78, 5) is 4.97. The topological polar surface area (TPSA) is 27.7 Å². The lowest BCUT2D eigenvalue weighted by Crippen LogP contribution is -2.51. The van der Waals surface area contributed by atoms with Gasteiger partial charge in [0.25, 0.3) is 0 Å². The zero-order valence-electron chi connectivity index (χ0n) is 11.3. The summed E-state index contributed by atoms with van der Waals surface area (Å²) in [6.07, 6.45) is 2.86. The van der Waals surface area contributed by atoms with Crippen molar-refractivity contribution in [1.82, 2.24) is 15.1 Å². The standard InChI is InChI=1S/C13H27N3O/c1-12-11-15(2)7-8-16(12)9-10-17-13-3-5-14-6-4-13/h12-14H,3-11H2,1-2H3. The quantitative estimate of drug-likeness (QED) is 0.771. The van der Waals surface area contributed by atoms with Gasteiger partial charge in [-0.1, -0.05) is 0 Å². The molecule has 0 aliphatic carbocycles. The molecule has 0 bridgehead atoms. The van der Waals surface area contributed by atoms with E-state index in [0.717, 1.165) is 26.2 Å². The molecule has 100 valence electrons. The molecule has 2 rings (SSSR count). The van der Waals surface area contributed by atoms with Gasteiger partial charge in [0.2, 0.25) is 0 Å². The molecule has 1 unspecified atom stereocenters. The first kappa shape index (κ1) is 13.3. The number of piperidine rings is 1. The van der Waals surface area contributed by atoms with Crippen LogP contribution in [0.3, 0.4) is 0 Å². The predicted molar refractivity (Wildman–Crippen MR) is 70.4 cm³/mol. The molecule has 0 spiro atoms. The van der Waals surface area contributed by atoms with E-state index in [1.165, 1.54) is 32.5 Å². The van der Waals surface area contributed by atoms with Gasteiger partial charge in [-0.3, -0.25) is 4.90 Å². The van der Waals surface area contributed by atoms with E-state index in [-0.39, 0.29) is 0 Å². The second-order valence-corrected chi connectivity index (χ2v) is 5.47. The fourth-order valence-corrected chi connectivity index (χ4v) is 2.81. The Morgan fingerprint density at radius 1 is 1.24 bits per heavy atom. The zero-order valence-corrected chi connectivity index (χ0v) is 11.3. The first-order valence-electron chi connectivity index (χ1n) is 7.00. The molecule has 0 aromatic rings. The number of ether oxygens (including phenoxy) is 1. The first-order chi connectivity index (χ1) is 8.25. The van der Waals surface area contributed by atoms with E-state index in [9.17, 15) is 0 Å². The van der Waals surface area contributed by atoms with Crippen molar-refractivity contribution in [2.24, 2.45) is 0 Å². The molecule has 2 aliphatic rings. The number of likely N-dealkylation sites (N-methyl/N-ethyl adjacent to an activating group) is 1. The minimum atomic E-state index is 0.499. The summed E-state index contributed by atoms with van der Waals surface area (Å²) in [7, 11) is 2.21. The molecule has 0 amide bonds. The average Bonchev–Trinajstić information content (AvgIpc) is 2.33. The van der Waals surface area contributed by atoms with Crippen molar-refractivity contribution < 1.29 is 4.74 Å². The number of hydrogen-bond acceptors (Lipinski definition) is 4. The summed E-state index contributed by atoms with van der Waals surface area (Å²) in [6, 6.07) is 0.672. The van der Waals surface area contributed by atoms with Crippen molar-refractivity contribution in [2.45, 2.75) is 31.9 Å². The Morgan fingerprint density at radius 3 is 2.71 bits per heavy atom. The molecular weight excluding hydrogens is 214 g/mol. The van der Waals surface area contributed by atoms with Gasteiger partial charge in [-0.2, -0.15) is 0 Å². The van der Waals surface area contributed by atoms with Gasteiger partial charge in [-0.25, -0.2) is 0 Å². The van der Waals surface area contributed by atoms with Gasteiger partial charge in [0.05, 0.1) is 12.7 Å². The van der Waals surface area contributed by atoms with Crippen LogP contribution >= 0.6 is 0 Å². The van der Waals surface area contributed by atoms with Crippen LogP contribution in [0.1, 0.15) is 19.8 Å². The second kappa shape index (κ2) is 6.69. The molecule has 2 saturated heterocycles. The van der Waals surface area contributed by atoms with E-state index >= 15 is 0 Å². The highest BCUT2D eigenvalue weighted by molar-refractivity contribution is 4.77. The Labute approximate surface area is 105 Å². The highest BCUT2D eigenvalue weighted by atomic mass is 16.5. The van der Waals surface area contributed by atoms with Crippen molar-refractivity contribution in [3.63, 3.8) is 0 Å². The Bertz CT molecular complexity index is 219. The van der Waals surface area contributed by atoms with Crippen molar-refractivity contribution in [2.75, 3.05) is 52.9 Å². The van der Waals surface area contributed by atoms with Crippen LogP contribution in [0.5, 0.6) is 0 Å². The second-order valence-electron chi connectivity index (χ2n) is 5.47. The first-order valence-corrected chi connectivity index (χ1v) is 7.00. The van der Waals surface area contributed by atoms with Gasteiger partial charge in [0.15, 0.2) is 0 Å². The van der Waals surface area contributed by atoms with Crippen LogP contribution in [0.15, 0.2) is 0 Å². The molecule has 0 saturated carbocycles. The zero-order chi connectivity index (χ0) is 12.1. The molecule has 0 aromatic heterocycles. The Morgan fingerprint density at radius 2 is 2.00 bits per heavy atom. The minimum absolute atomic E-state index is 0.499. The molecular formula is C13H27N3O. The van der Waals surface area contributed by atoms with E-state index in [0.29, 0.717) is 12.1 Å². The maximum atomic E-state index is 5.97. The van der Waals surface area contributed by atoms with Crippen LogP contribution in [-0.2, 0) is 4.74 Å². The number of nitrogens with one attached hydrogen (secondary N) is 1. The van der Waals surface area contributed by atoms with E-state index < -0.39 is 0 Å². The van der Waals surface area contributed by atoms with Crippen LogP contribution in [0.25, 0.3) is 0 Å². The molecule has 2 heterocycles. The Kier molecular flexibility index (Phi) is 5.22. The molecule has 2 aliphatic heterocycles. The summed E-state index contributed by atoms with van der Waals surface area (Å²) < 4.78 is 5.97. The lowest BCUT2D eigenvalue weighted by atomic mass is 10.1. The molecule has 0 radical (unpaired) electrons. The van der Waals surface area contributed by atoms with E-state index in [1.54, 1.807) is 0 Å². The lowest BCUT2D eigenvalue weighted by Gasteiger charge is -2.38. The predicted octanol–water partition coefficient (Wildman–Crippen LogP) is 0.391. The van der Waals surface area contributed by atoms with Crippen molar-refractivity contribution in [3.8, 4) is 0 Å². The molecule has 4 heteroatoms. The number of nitrogens with zero attached hydrogens (tertiary/aromatic N) is 2. The molecule has 2 fully saturated rings. The average molecular weight is 241 g/mol. The third kappa shape index (κ3) is 4.21. The summed E-state index contributed by atoms with van der Waals surface area (Å²) in [6.45, 7) is 10.1. The van der Waals surface area contributed by atoms with Crippen molar-refractivity contribution >= 4 is 0 Å². The summed E-state index contributed by atoms with van der Waals surface area (Å²) in [5, 5.41) is 3.37. The summed E-state index contributed by atoms with van der Waals surface area (Å²) >= 11 is 0. The van der Waals surface area contributed by atoms with Gasteiger partial charge in [0.1, 0.15) is 0 Å². The van der Waals surface area contributed by atoms with Gasteiger partial charge in [-0.15, -0.1) is 0 Å². The number of hydrogen-bond donors (Lipinski definition) is 1. The normalized spacial score (nSPS) is 29.6. The maximum Gasteiger partial charge on any atom is 0.0600 e. The third-order valence-corrected chi connectivity index (χ3v) is 3.99. The SMILES string of the molecule is CC1CN(C)CCN1CCOC1CCNCC1. The molecule has 17 heavy (non-hydrogen) atoms. The fourth-order valence-electron chi connectivity index (χ4n) is 2.81. The van der Waals surface area contributed by atoms with E-state index in [2.05, 4.69) is 29.1 Å². The Balaban J connectivity index is 1.61. The van der Waals surface area contributed by atoms with Crippen LogP contribution in [0, 0.1) is 0 Å². The highest BCUT2D eigenvalue weighted by Gasteiger charge is 2.21. The third-order valence-electron chi connectivity index (χ3n) is 3.99. The summed E-state index contributed by atoms with van der Waals surface area (Å²) in [5.41, 5.74) is 0. The van der Waals surface area contributed by atoms with Crippen molar-refractivity contribution in [1.29, 1.82) is 0 Å². The Hall–Kier alpha value is -0.160. The summed E-state index contributed by atoms with van der Waals surface area (Å²) in [5.74, 6) is 0. The number of rotatable bonds is 4. The van der Waals surface area contributed by atoms with Crippen LogP contribution in [0.4, 0.5) is 0 Å². The van der Waals surface area contributed by atoms with Gasteiger partial charge in [0, 0.05) is 32.2 Å². The fraction of sp³-hybridized carbons (Fsp3) is 1.00. The smallest absolute Gasteiger partial charge is 0.0600 e.